The molecule has 1 aliphatic rings. The molecule has 98 valence electrons. The van der Waals surface area contributed by atoms with Crippen molar-refractivity contribution in [2.45, 2.75) is 32.7 Å². The molecule has 0 saturated carbocycles. The number of aromatic nitrogens is 3. The summed E-state index contributed by atoms with van der Waals surface area (Å²) in [6.45, 7) is 5.10. The lowest BCUT2D eigenvalue weighted by atomic mass is 10.1. The van der Waals surface area contributed by atoms with Crippen molar-refractivity contribution in [3.63, 3.8) is 0 Å². The predicted octanol–water partition coefficient (Wildman–Crippen LogP) is 2.83. The molecule has 1 fully saturated rings. The summed E-state index contributed by atoms with van der Waals surface area (Å²) in [7, 11) is 0. The third-order valence-electron chi connectivity index (χ3n) is 3.64. The predicted molar refractivity (Wildman–Crippen MR) is 75.1 cm³/mol. The SMILES string of the molecule is Cc1cc([C@@H]2CCCN2c2cc(C)ncn2)ccn1. The third kappa shape index (κ3) is 2.43. The molecule has 1 saturated heterocycles. The fraction of sp³-hybridized carbons (Fsp3) is 0.400. The van der Waals surface area contributed by atoms with Crippen LogP contribution in [0.4, 0.5) is 5.82 Å². The summed E-state index contributed by atoms with van der Waals surface area (Å²) in [5.74, 6) is 1.03. The van der Waals surface area contributed by atoms with Crippen molar-refractivity contribution >= 4 is 5.82 Å². The number of hydrogen-bond acceptors (Lipinski definition) is 4. The fourth-order valence-corrected chi connectivity index (χ4v) is 2.76. The first-order valence-electron chi connectivity index (χ1n) is 6.72. The first kappa shape index (κ1) is 12.1. The van der Waals surface area contributed by atoms with Crippen LogP contribution in [0.3, 0.4) is 0 Å². The Labute approximate surface area is 113 Å². The summed E-state index contributed by atoms with van der Waals surface area (Å²) >= 11 is 0. The molecule has 4 nitrogen and oxygen atoms in total. The van der Waals surface area contributed by atoms with Crippen LogP contribution in [0.15, 0.2) is 30.7 Å². The lowest BCUT2D eigenvalue weighted by Crippen LogP contribution is -2.23. The van der Waals surface area contributed by atoms with Gasteiger partial charge in [-0.25, -0.2) is 9.97 Å². The topological polar surface area (TPSA) is 41.9 Å². The van der Waals surface area contributed by atoms with E-state index >= 15 is 0 Å². The summed E-state index contributed by atoms with van der Waals surface area (Å²) in [6.07, 6.45) is 5.92. The summed E-state index contributed by atoms with van der Waals surface area (Å²) < 4.78 is 0. The zero-order valence-corrected chi connectivity index (χ0v) is 11.4. The van der Waals surface area contributed by atoms with Crippen LogP contribution in [0.5, 0.6) is 0 Å². The number of rotatable bonds is 2. The second kappa shape index (κ2) is 4.96. The zero-order valence-electron chi connectivity index (χ0n) is 11.4. The lowest BCUT2D eigenvalue weighted by molar-refractivity contribution is 0.707. The van der Waals surface area contributed by atoms with Crippen molar-refractivity contribution < 1.29 is 0 Å². The van der Waals surface area contributed by atoms with E-state index in [-0.39, 0.29) is 0 Å². The highest BCUT2D eigenvalue weighted by molar-refractivity contribution is 5.44. The van der Waals surface area contributed by atoms with Gasteiger partial charge in [-0.2, -0.15) is 0 Å². The molecule has 1 aliphatic heterocycles. The molecule has 4 heteroatoms. The molecule has 1 atom stereocenters. The molecule has 2 aromatic heterocycles. The Balaban J connectivity index is 1.93. The first-order valence-corrected chi connectivity index (χ1v) is 6.72. The van der Waals surface area contributed by atoms with E-state index in [0.717, 1.165) is 23.8 Å². The summed E-state index contributed by atoms with van der Waals surface area (Å²) in [4.78, 5) is 15.3. The van der Waals surface area contributed by atoms with Gasteiger partial charge in [-0.15, -0.1) is 0 Å². The van der Waals surface area contributed by atoms with Crippen LogP contribution in [0.2, 0.25) is 0 Å². The van der Waals surface area contributed by atoms with Gasteiger partial charge in [0.1, 0.15) is 12.1 Å². The number of hydrogen-bond donors (Lipinski definition) is 0. The van der Waals surface area contributed by atoms with Gasteiger partial charge in [0.2, 0.25) is 0 Å². The second-order valence-electron chi connectivity index (χ2n) is 5.10. The highest BCUT2D eigenvalue weighted by Gasteiger charge is 2.27. The summed E-state index contributed by atoms with van der Waals surface area (Å²) in [5, 5.41) is 0. The van der Waals surface area contributed by atoms with E-state index < -0.39 is 0 Å². The molecule has 3 heterocycles. The van der Waals surface area contributed by atoms with Gasteiger partial charge in [-0.05, 0) is 44.4 Å². The molecule has 0 spiro atoms. The molecule has 0 aliphatic carbocycles. The van der Waals surface area contributed by atoms with Crippen LogP contribution >= 0.6 is 0 Å². The lowest BCUT2D eigenvalue weighted by Gasteiger charge is -2.26. The van der Waals surface area contributed by atoms with Crippen molar-refractivity contribution in [2.75, 3.05) is 11.4 Å². The highest BCUT2D eigenvalue weighted by atomic mass is 15.2. The van der Waals surface area contributed by atoms with Crippen molar-refractivity contribution in [2.24, 2.45) is 0 Å². The molecule has 19 heavy (non-hydrogen) atoms. The highest BCUT2D eigenvalue weighted by Crippen LogP contribution is 2.35. The quantitative estimate of drug-likeness (QED) is 0.826. The minimum absolute atomic E-state index is 0.413. The number of aryl methyl sites for hydroxylation is 2. The van der Waals surface area contributed by atoms with Gasteiger partial charge in [-0.1, -0.05) is 0 Å². The minimum atomic E-state index is 0.413. The van der Waals surface area contributed by atoms with E-state index in [4.69, 9.17) is 0 Å². The fourth-order valence-electron chi connectivity index (χ4n) is 2.76. The molecule has 0 unspecified atom stereocenters. The molecule has 0 radical (unpaired) electrons. The van der Waals surface area contributed by atoms with Gasteiger partial charge in [-0.3, -0.25) is 4.98 Å². The van der Waals surface area contributed by atoms with Gasteiger partial charge in [0.05, 0.1) is 6.04 Å². The van der Waals surface area contributed by atoms with Gasteiger partial charge < -0.3 is 4.90 Å². The summed E-state index contributed by atoms with van der Waals surface area (Å²) in [6, 6.07) is 6.77. The number of anilines is 1. The van der Waals surface area contributed by atoms with E-state index in [1.165, 1.54) is 18.4 Å². The Kier molecular flexibility index (Phi) is 3.15. The van der Waals surface area contributed by atoms with Gasteiger partial charge in [0, 0.05) is 30.2 Å². The maximum Gasteiger partial charge on any atom is 0.132 e. The van der Waals surface area contributed by atoms with Gasteiger partial charge >= 0.3 is 0 Å². The molecular weight excluding hydrogens is 236 g/mol. The van der Waals surface area contributed by atoms with Crippen LogP contribution in [0.1, 0.15) is 35.8 Å². The van der Waals surface area contributed by atoms with Crippen molar-refractivity contribution in [3.8, 4) is 0 Å². The molecule has 0 bridgehead atoms. The van der Waals surface area contributed by atoms with Crippen molar-refractivity contribution in [1.29, 1.82) is 0 Å². The van der Waals surface area contributed by atoms with E-state index in [1.54, 1.807) is 6.33 Å². The molecule has 0 amide bonds. The number of pyridine rings is 1. The van der Waals surface area contributed by atoms with Crippen LogP contribution in [-0.2, 0) is 0 Å². The molecule has 2 aromatic rings. The Morgan fingerprint density at radius 3 is 2.74 bits per heavy atom. The maximum absolute atomic E-state index is 4.42. The second-order valence-corrected chi connectivity index (χ2v) is 5.10. The zero-order chi connectivity index (χ0) is 13.2. The van der Waals surface area contributed by atoms with E-state index in [2.05, 4.69) is 38.1 Å². The molecule has 3 rings (SSSR count). The Hall–Kier alpha value is -1.97. The Morgan fingerprint density at radius 2 is 1.95 bits per heavy atom. The normalized spacial score (nSPS) is 18.8. The van der Waals surface area contributed by atoms with Crippen LogP contribution in [-0.4, -0.2) is 21.5 Å². The average Bonchev–Trinajstić information content (AvgIpc) is 2.88. The Morgan fingerprint density at radius 1 is 1.11 bits per heavy atom. The smallest absolute Gasteiger partial charge is 0.132 e. The van der Waals surface area contributed by atoms with Crippen LogP contribution in [0, 0.1) is 13.8 Å². The standard InChI is InChI=1S/C15H18N4/c1-11-8-13(5-6-16-11)14-4-3-7-19(14)15-9-12(2)17-10-18-15/h5-6,8-10,14H,3-4,7H2,1-2H3/t14-/m0/s1. The van der Waals surface area contributed by atoms with Gasteiger partial charge in [0.15, 0.2) is 0 Å². The maximum atomic E-state index is 4.42. The first-order chi connectivity index (χ1) is 9.24. The van der Waals surface area contributed by atoms with Crippen LogP contribution in [0.25, 0.3) is 0 Å². The van der Waals surface area contributed by atoms with Gasteiger partial charge in [0.25, 0.3) is 0 Å². The average molecular weight is 254 g/mol. The van der Waals surface area contributed by atoms with Crippen molar-refractivity contribution in [1.82, 2.24) is 15.0 Å². The molecule has 0 aromatic carbocycles. The third-order valence-corrected chi connectivity index (χ3v) is 3.64. The van der Waals surface area contributed by atoms with E-state index in [0.29, 0.717) is 6.04 Å². The molecular formula is C15H18N4. The minimum Gasteiger partial charge on any atom is -0.349 e. The monoisotopic (exact) mass is 254 g/mol. The van der Waals surface area contributed by atoms with E-state index in [1.807, 2.05) is 20.0 Å². The largest absolute Gasteiger partial charge is 0.349 e. The van der Waals surface area contributed by atoms with E-state index in [9.17, 15) is 0 Å². The van der Waals surface area contributed by atoms with Crippen LogP contribution < -0.4 is 4.90 Å². The Bertz CT molecular complexity index is 530. The van der Waals surface area contributed by atoms with Crippen molar-refractivity contribution in [3.05, 3.63) is 47.7 Å². The number of nitrogens with zero attached hydrogens (tertiary/aromatic N) is 4. The molecule has 0 N–H and O–H groups in total. The summed E-state index contributed by atoms with van der Waals surface area (Å²) in [5.41, 5.74) is 3.42.